The molecule has 0 radical (unpaired) electrons. The molecule has 122 valence electrons. The fraction of sp³-hybridized carbons (Fsp3) is 0.500. The van der Waals surface area contributed by atoms with Crippen molar-refractivity contribution in [2.75, 3.05) is 19.6 Å². The summed E-state index contributed by atoms with van der Waals surface area (Å²) in [6.07, 6.45) is 0. The smallest absolute Gasteiger partial charge is 0.234 e. The fourth-order valence-electron chi connectivity index (χ4n) is 2.27. The van der Waals surface area contributed by atoms with Gasteiger partial charge in [0.05, 0.1) is 19.1 Å². The lowest BCUT2D eigenvalue weighted by Gasteiger charge is -2.23. The van der Waals surface area contributed by atoms with Gasteiger partial charge in [-0.2, -0.15) is 0 Å². The molecule has 0 fully saturated rings. The number of carbonyl (C=O) groups excluding carboxylic acids is 2. The lowest BCUT2D eigenvalue weighted by molar-refractivity contribution is -0.124. The summed E-state index contributed by atoms with van der Waals surface area (Å²) in [6, 6.07) is 7.21. The molecule has 0 aliphatic heterocycles. The SMILES string of the molecule is CC(C)CN(CC(N)=O)CC(=O)NC(C)c1cccc(Cl)c1. The number of hydrogen-bond acceptors (Lipinski definition) is 3. The van der Waals surface area contributed by atoms with Crippen molar-refractivity contribution in [1.82, 2.24) is 10.2 Å². The Balaban J connectivity index is 2.60. The van der Waals surface area contributed by atoms with Gasteiger partial charge in [0.25, 0.3) is 0 Å². The van der Waals surface area contributed by atoms with Crippen LogP contribution in [0.15, 0.2) is 24.3 Å². The third kappa shape index (κ3) is 6.91. The number of amides is 2. The van der Waals surface area contributed by atoms with Gasteiger partial charge < -0.3 is 11.1 Å². The first-order valence-corrected chi connectivity index (χ1v) is 7.71. The quantitative estimate of drug-likeness (QED) is 0.767. The number of nitrogens with zero attached hydrogens (tertiary/aromatic N) is 1. The van der Waals surface area contributed by atoms with E-state index in [1.165, 1.54) is 0 Å². The molecule has 0 spiro atoms. The molecule has 1 aromatic carbocycles. The molecule has 0 heterocycles. The van der Waals surface area contributed by atoms with Crippen molar-refractivity contribution in [3.8, 4) is 0 Å². The Morgan fingerprint density at radius 1 is 1.27 bits per heavy atom. The number of primary amides is 1. The van der Waals surface area contributed by atoms with Crippen LogP contribution in [0.25, 0.3) is 0 Å². The summed E-state index contributed by atoms with van der Waals surface area (Å²) in [5.74, 6) is -0.233. The highest BCUT2D eigenvalue weighted by Gasteiger charge is 2.16. The highest BCUT2D eigenvalue weighted by Crippen LogP contribution is 2.17. The van der Waals surface area contributed by atoms with E-state index in [0.29, 0.717) is 17.5 Å². The van der Waals surface area contributed by atoms with E-state index in [-0.39, 0.29) is 25.0 Å². The van der Waals surface area contributed by atoms with E-state index in [2.05, 4.69) is 5.32 Å². The summed E-state index contributed by atoms with van der Waals surface area (Å²) in [5, 5.41) is 3.54. The third-order valence-electron chi connectivity index (χ3n) is 3.10. The zero-order chi connectivity index (χ0) is 16.7. The molecule has 6 heteroatoms. The van der Waals surface area contributed by atoms with Crippen LogP contribution in [0, 0.1) is 5.92 Å². The van der Waals surface area contributed by atoms with Gasteiger partial charge in [-0.1, -0.05) is 37.6 Å². The van der Waals surface area contributed by atoms with E-state index in [1.807, 2.05) is 39.0 Å². The monoisotopic (exact) mass is 325 g/mol. The Morgan fingerprint density at radius 3 is 2.50 bits per heavy atom. The first kappa shape index (κ1) is 18.5. The minimum absolute atomic E-state index is 0.0805. The number of hydrogen-bond donors (Lipinski definition) is 2. The fourth-order valence-corrected chi connectivity index (χ4v) is 2.47. The zero-order valence-corrected chi connectivity index (χ0v) is 14.1. The topological polar surface area (TPSA) is 75.4 Å². The number of halogens is 1. The maximum Gasteiger partial charge on any atom is 0.234 e. The van der Waals surface area contributed by atoms with Gasteiger partial charge in [-0.15, -0.1) is 0 Å². The normalized spacial score (nSPS) is 12.5. The number of nitrogens with one attached hydrogen (secondary N) is 1. The van der Waals surface area contributed by atoms with Gasteiger partial charge in [-0.05, 0) is 30.5 Å². The highest BCUT2D eigenvalue weighted by atomic mass is 35.5. The Bertz CT molecular complexity index is 520. The molecule has 3 N–H and O–H groups in total. The molecule has 1 aromatic rings. The zero-order valence-electron chi connectivity index (χ0n) is 13.3. The second kappa shape index (κ2) is 8.76. The molecular formula is C16H24ClN3O2. The van der Waals surface area contributed by atoms with Gasteiger partial charge in [-0.3, -0.25) is 14.5 Å². The number of carbonyl (C=O) groups is 2. The van der Waals surface area contributed by atoms with Crippen molar-refractivity contribution < 1.29 is 9.59 Å². The lowest BCUT2D eigenvalue weighted by atomic mass is 10.1. The Hall–Kier alpha value is -1.59. The van der Waals surface area contributed by atoms with E-state index in [4.69, 9.17) is 17.3 Å². The summed E-state index contributed by atoms with van der Waals surface area (Å²) >= 11 is 5.95. The molecule has 0 saturated heterocycles. The van der Waals surface area contributed by atoms with Gasteiger partial charge in [0.15, 0.2) is 0 Å². The van der Waals surface area contributed by atoms with E-state index in [0.717, 1.165) is 5.56 Å². The molecule has 0 aliphatic rings. The maximum atomic E-state index is 12.1. The van der Waals surface area contributed by atoms with Crippen molar-refractivity contribution in [2.24, 2.45) is 11.7 Å². The van der Waals surface area contributed by atoms with Crippen LogP contribution in [-0.2, 0) is 9.59 Å². The molecule has 0 aliphatic carbocycles. The highest BCUT2D eigenvalue weighted by molar-refractivity contribution is 6.30. The largest absolute Gasteiger partial charge is 0.369 e. The molecule has 5 nitrogen and oxygen atoms in total. The molecule has 0 bridgehead atoms. The van der Waals surface area contributed by atoms with Gasteiger partial charge in [-0.25, -0.2) is 0 Å². The Kier molecular flexibility index (Phi) is 7.35. The van der Waals surface area contributed by atoms with Crippen LogP contribution in [0.4, 0.5) is 0 Å². The van der Waals surface area contributed by atoms with Gasteiger partial charge in [0.1, 0.15) is 0 Å². The van der Waals surface area contributed by atoms with Crippen LogP contribution >= 0.6 is 11.6 Å². The minimum atomic E-state index is -0.434. The molecule has 1 unspecified atom stereocenters. The van der Waals surface area contributed by atoms with Crippen LogP contribution in [0.2, 0.25) is 5.02 Å². The van der Waals surface area contributed by atoms with Gasteiger partial charge in [0, 0.05) is 11.6 Å². The number of rotatable bonds is 8. The van der Waals surface area contributed by atoms with E-state index < -0.39 is 5.91 Å². The van der Waals surface area contributed by atoms with Gasteiger partial charge in [0.2, 0.25) is 11.8 Å². The Labute approximate surface area is 136 Å². The molecule has 1 atom stereocenters. The average Bonchev–Trinajstić information content (AvgIpc) is 2.36. The van der Waals surface area contributed by atoms with Crippen LogP contribution in [-0.4, -0.2) is 36.3 Å². The first-order chi connectivity index (χ1) is 10.3. The average molecular weight is 326 g/mol. The molecule has 1 rings (SSSR count). The van der Waals surface area contributed by atoms with Crippen molar-refractivity contribution in [3.63, 3.8) is 0 Å². The molecular weight excluding hydrogens is 302 g/mol. The second-order valence-electron chi connectivity index (χ2n) is 5.87. The van der Waals surface area contributed by atoms with Crippen LogP contribution < -0.4 is 11.1 Å². The molecule has 0 aromatic heterocycles. The van der Waals surface area contributed by atoms with E-state index in [9.17, 15) is 9.59 Å². The van der Waals surface area contributed by atoms with Crippen LogP contribution in [0.1, 0.15) is 32.4 Å². The predicted octanol–water partition coefficient (Wildman–Crippen LogP) is 1.96. The van der Waals surface area contributed by atoms with Crippen LogP contribution in [0.3, 0.4) is 0 Å². The standard InChI is InChI=1S/C16H24ClN3O2/c1-11(2)8-20(9-15(18)21)10-16(22)19-12(3)13-5-4-6-14(17)7-13/h4-7,11-12H,8-10H2,1-3H3,(H2,18,21)(H,19,22). The van der Waals surface area contributed by atoms with E-state index in [1.54, 1.807) is 11.0 Å². The number of nitrogens with two attached hydrogens (primary N) is 1. The predicted molar refractivity (Wildman–Crippen MR) is 88.5 cm³/mol. The van der Waals surface area contributed by atoms with Gasteiger partial charge >= 0.3 is 0 Å². The van der Waals surface area contributed by atoms with Crippen molar-refractivity contribution in [2.45, 2.75) is 26.8 Å². The summed E-state index contributed by atoms with van der Waals surface area (Å²) in [7, 11) is 0. The summed E-state index contributed by atoms with van der Waals surface area (Å²) in [5.41, 5.74) is 6.16. The van der Waals surface area contributed by atoms with Crippen molar-refractivity contribution >= 4 is 23.4 Å². The second-order valence-corrected chi connectivity index (χ2v) is 6.31. The molecule has 22 heavy (non-hydrogen) atoms. The number of benzene rings is 1. The summed E-state index contributed by atoms with van der Waals surface area (Å²) in [6.45, 7) is 6.82. The third-order valence-corrected chi connectivity index (χ3v) is 3.33. The van der Waals surface area contributed by atoms with Crippen LogP contribution in [0.5, 0.6) is 0 Å². The minimum Gasteiger partial charge on any atom is -0.369 e. The lowest BCUT2D eigenvalue weighted by Crippen LogP contribution is -2.43. The summed E-state index contributed by atoms with van der Waals surface area (Å²) < 4.78 is 0. The Morgan fingerprint density at radius 2 is 1.95 bits per heavy atom. The molecule has 0 saturated carbocycles. The summed E-state index contributed by atoms with van der Waals surface area (Å²) in [4.78, 5) is 25.0. The maximum absolute atomic E-state index is 12.1. The first-order valence-electron chi connectivity index (χ1n) is 7.33. The van der Waals surface area contributed by atoms with Crippen molar-refractivity contribution in [1.29, 1.82) is 0 Å². The van der Waals surface area contributed by atoms with Crippen molar-refractivity contribution in [3.05, 3.63) is 34.9 Å². The van der Waals surface area contributed by atoms with E-state index >= 15 is 0 Å². The molecule has 2 amide bonds.